The maximum absolute atomic E-state index is 12.5. The quantitative estimate of drug-likeness (QED) is 0.691. The van der Waals surface area contributed by atoms with Crippen LogP contribution in [0.4, 0.5) is 19.0 Å². The van der Waals surface area contributed by atoms with E-state index in [0.29, 0.717) is 17.8 Å². The van der Waals surface area contributed by atoms with Gasteiger partial charge in [0, 0.05) is 10.7 Å². The molecule has 0 atom stereocenters. The monoisotopic (exact) mass is 450 g/mol. The maximum atomic E-state index is 12.5. The summed E-state index contributed by atoms with van der Waals surface area (Å²) in [4.78, 5) is 26.9. The number of nitrogens with one attached hydrogen (secondary N) is 1. The molecule has 0 spiro atoms. The van der Waals surface area contributed by atoms with Gasteiger partial charge in [0.2, 0.25) is 0 Å². The van der Waals surface area contributed by atoms with Crippen molar-refractivity contribution in [1.29, 1.82) is 0 Å². The van der Waals surface area contributed by atoms with E-state index in [1.54, 1.807) is 24.3 Å². The molecule has 1 amide bonds. The van der Waals surface area contributed by atoms with Gasteiger partial charge < -0.3 is 10.1 Å². The van der Waals surface area contributed by atoms with E-state index < -0.39 is 30.2 Å². The van der Waals surface area contributed by atoms with Crippen molar-refractivity contribution in [1.82, 2.24) is 4.98 Å². The Morgan fingerprint density at radius 2 is 1.88 bits per heavy atom. The lowest BCUT2D eigenvalue weighted by Crippen LogP contribution is -2.22. The number of carbonyl (C=O) groups is 2. The average Bonchev–Trinajstić information content (AvgIpc) is 2.56. The molecule has 1 aromatic heterocycles. The minimum Gasteiger partial charge on any atom is -0.455 e. The van der Waals surface area contributed by atoms with Crippen molar-refractivity contribution in [3.63, 3.8) is 0 Å². The number of amides is 1. The first-order valence-corrected chi connectivity index (χ1v) is 8.25. The van der Waals surface area contributed by atoms with Gasteiger partial charge in [-0.3, -0.25) is 9.59 Å². The molecule has 5 nitrogen and oxygen atoms in total. The number of aromatic nitrogens is 1. The second kappa shape index (κ2) is 8.50. The summed E-state index contributed by atoms with van der Waals surface area (Å²) in [5, 5.41) is 1.80. The van der Waals surface area contributed by atoms with Gasteiger partial charge in [0.1, 0.15) is 0 Å². The molecular formula is C16H11BrClF3N2O3. The topological polar surface area (TPSA) is 68.3 Å². The summed E-state index contributed by atoms with van der Waals surface area (Å²) >= 11 is 8.94. The number of hydrogen-bond donors (Lipinski definition) is 1. The number of ether oxygens (including phenoxy) is 1. The first-order chi connectivity index (χ1) is 12.1. The molecule has 1 heterocycles. The Labute approximate surface area is 159 Å². The molecule has 2 aromatic rings. The highest BCUT2D eigenvalue weighted by Gasteiger charge is 2.31. The number of nitrogens with zero attached hydrogens (tertiary/aromatic N) is 1. The Bertz CT molecular complexity index is 813. The number of pyridine rings is 1. The van der Waals surface area contributed by atoms with Gasteiger partial charge in [-0.25, -0.2) is 4.98 Å². The third-order valence-corrected chi connectivity index (χ3v) is 3.87. The second-order valence-corrected chi connectivity index (χ2v) is 6.39. The summed E-state index contributed by atoms with van der Waals surface area (Å²) in [6, 6.07) is 7.60. The molecule has 0 aliphatic heterocycles. The molecule has 0 saturated heterocycles. The zero-order valence-corrected chi connectivity index (χ0v) is 15.3. The number of benzene rings is 1. The minimum atomic E-state index is -4.60. The minimum absolute atomic E-state index is 0.0279. The van der Waals surface area contributed by atoms with Crippen molar-refractivity contribution >= 4 is 45.2 Å². The van der Waals surface area contributed by atoms with Crippen LogP contribution in [-0.2, 0) is 26.9 Å². The van der Waals surface area contributed by atoms with Gasteiger partial charge in [0.05, 0.1) is 17.0 Å². The highest BCUT2D eigenvalue weighted by Crippen LogP contribution is 2.32. The summed E-state index contributed by atoms with van der Waals surface area (Å²) in [7, 11) is 0. The molecule has 0 aliphatic rings. The van der Waals surface area contributed by atoms with E-state index in [2.05, 4.69) is 26.2 Å². The van der Waals surface area contributed by atoms with Crippen LogP contribution in [-0.4, -0.2) is 23.5 Å². The highest BCUT2D eigenvalue weighted by molar-refractivity contribution is 9.10. The fourth-order valence-electron chi connectivity index (χ4n) is 1.82. The molecule has 138 valence electrons. The molecule has 10 heteroatoms. The Kier molecular flexibility index (Phi) is 6.60. The molecule has 26 heavy (non-hydrogen) atoms. The fraction of sp³-hybridized carbons (Fsp3) is 0.188. The van der Waals surface area contributed by atoms with Crippen molar-refractivity contribution in [3.05, 3.63) is 57.2 Å². The van der Waals surface area contributed by atoms with Gasteiger partial charge >= 0.3 is 12.1 Å². The van der Waals surface area contributed by atoms with Crippen LogP contribution in [0.15, 0.2) is 41.0 Å². The highest BCUT2D eigenvalue weighted by atomic mass is 79.9. The van der Waals surface area contributed by atoms with Crippen LogP contribution >= 0.6 is 27.5 Å². The van der Waals surface area contributed by atoms with Crippen molar-refractivity contribution in [2.24, 2.45) is 0 Å². The van der Waals surface area contributed by atoms with E-state index in [1.807, 2.05) is 0 Å². The van der Waals surface area contributed by atoms with Gasteiger partial charge in [-0.2, -0.15) is 13.2 Å². The van der Waals surface area contributed by atoms with Gasteiger partial charge in [-0.1, -0.05) is 39.7 Å². The summed E-state index contributed by atoms with van der Waals surface area (Å²) in [5.41, 5.74) is -0.340. The molecule has 0 radical (unpaired) electrons. The lowest BCUT2D eigenvalue weighted by atomic mass is 10.2. The lowest BCUT2D eigenvalue weighted by molar-refractivity contribution is -0.146. The van der Waals surface area contributed by atoms with E-state index in [9.17, 15) is 22.8 Å². The largest absolute Gasteiger partial charge is 0.455 e. The maximum Gasteiger partial charge on any atom is 0.417 e. The summed E-state index contributed by atoms with van der Waals surface area (Å²) in [6.07, 6.45) is -4.08. The van der Waals surface area contributed by atoms with Gasteiger partial charge in [0.15, 0.2) is 12.4 Å². The van der Waals surface area contributed by atoms with E-state index >= 15 is 0 Å². The number of hydrogen-bond acceptors (Lipinski definition) is 4. The van der Waals surface area contributed by atoms with Crippen molar-refractivity contribution in [3.8, 4) is 0 Å². The summed E-state index contributed by atoms with van der Waals surface area (Å²) in [5.74, 6) is -1.66. The summed E-state index contributed by atoms with van der Waals surface area (Å²) < 4.78 is 43.3. The number of esters is 1. The Hall–Kier alpha value is -2.13. The molecule has 0 fully saturated rings. The first-order valence-electron chi connectivity index (χ1n) is 7.08. The predicted molar refractivity (Wildman–Crippen MR) is 91.7 cm³/mol. The van der Waals surface area contributed by atoms with Crippen molar-refractivity contribution in [2.45, 2.75) is 12.6 Å². The standard InChI is InChI=1S/C16H11BrClF3N2O3/c17-11-3-1-9(2-4-11)5-14(25)26-8-13(24)23-15-12(18)6-10(7-22-15)16(19,20)21/h1-4,6-7H,5,8H2,(H,22,23,24). The van der Waals surface area contributed by atoms with Crippen molar-refractivity contribution in [2.75, 3.05) is 11.9 Å². The zero-order chi connectivity index (χ0) is 19.3. The molecular weight excluding hydrogens is 441 g/mol. The molecule has 1 aromatic carbocycles. The van der Waals surface area contributed by atoms with E-state index in [1.165, 1.54) is 0 Å². The molecule has 0 aliphatic carbocycles. The Morgan fingerprint density at radius 3 is 2.46 bits per heavy atom. The molecule has 2 rings (SSSR count). The number of anilines is 1. The third kappa shape index (κ3) is 5.99. The van der Waals surface area contributed by atoms with E-state index in [-0.39, 0.29) is 17.3 Å². The second-order valence-electron chi connectivity index (χ2n) is 5.06. The fourth-order valence-corrected chi connectivity index (χ4v) is 2.30. The normalized spacial score (nSPS) is 11.1. The molecule has 1 N–H and O–H groups in total. The Morgan fingerprint density at radius 1 is 1.23 bits per heavy atom. The summed E-state index contributed by atoms with van der Waals surface area (Å²) in [6.45, 7) is -0.617. The van der Waals surface area contributed by atoms with Crippen LogP contribution in [0.1, 0.15) is 11.1 Å². The van der Waals surface area contributed by atoms with Crippen LogP contribution in [0.5, 0.6) is 0 Å². The van der Waals surface area contributed by atoms with Gasteiger partial charge in [-0.05, 0) is 23.8 Å². The number of alkyl halides is 3. The average molecular weight is 452 g/mol. The van der Waals surface area contributed by atoms with Gasteiger partial charge in [-0.15, -0.1) is 0 Å². The molecule has 0 bridgehead atoms. The van der Waals surface area contributed by atoms with Crippen LogP contribution in [0.25, 0.3) is 0 Å². The number of carbonyl (C=O) groups excluding carboxylic acids is 2. The van der Waals surface area contributed by atoms with Crippen LogP contribution in [0.2, 0.25) is 5.02 Å². The van der Waals surface area contributed by atoms with Crippen LogP contribution in [0, 0.1) is 0 Å². The predicted octanol–water partition coefficient (Wildman–Crippen LogP) is 4.24. The third-order valence-electron chi connectivity index (χ3n) is 3.05. The van der Waals surface area contributed by atoms with E-state index in [0.717, 1.165) is 4.47 Å². The smallest absolute Gasteiger partial charge is 0.417 e. The zero-order valence-electron chi connectivity index (χ0n) is 12.9. The molecule has 0 saturated carbocycles. The van der Waals surface area contributed by atoms with Crippen LogP contribution < -0.4 is 5.32 Å². The first kappa shape index (κ1) is 20.2. The van der Waals surface area contributed by atoms with Crippen molar-refractivity contribution < 1.29 is 27.5 Å². The van der Waals surface area contributed by atoms with Gasteiger partial charge in [0.25, 0.3) is 5.91 Å². The molecule has 0 unspecified atom stereocenters. The van der Waals surface area contributed by atoms with E-state index in [4.69, 9.17) is 16.3 Å². The Balaban J connectivity index is 1.86. The number of halogens is 5. The SMILES string of the molecule is O=C(COC(=O)Cc1ccc(Br)cc1)Nc1ncc(C(F)(F)F)cc1Cl. The lowest BCUT2D eigenvalue weighted by Gasteiger charge is -2.10. The number of rotatable bonds is 5. The van der Waals surface area contributed by atoms with Crippen LogP contribution in [0.3, 0.4) is 0 Å².